The van der Waals surface area contributed by atoms with Crippen LogP contribution in [0.5, 0.6) is 0 Å². The summed E-state index contributed by atoms with van der Waals surface area (Å²) >= 11 is 3.52. The molecule has 1 fully saturated rings. The third-order valence-electron chi connectivity index (χ3n) is 2.90. The second-order valence-electron chi connectivity index (χ2n) is 4.32. The van der Waals surface area contributed by atoms with E-state index >= 15 is 0 Å². The van der Waals surface area contributed by atoms with E-state index in [2.05, 4.69) is 37.2 Å². The van der Waals surface area contributed by atoms with E-state index < -0.39 is 0 Å². The van der Waals surface area contributed by atoms with Crippen molar-refractivity contribution in [3.8, 4) is 0 Å². The third-order valence-corrected chi connectivity index (χ3v) is 3.50. The van der Waals surface area contributed by atoms with Crippen molar-refractivity contribution in [2.24, 2.45) is 0 Å². The number of hydrogen-bond acceptors (Lipinski definition) is 3. The fourth-order valence-corrected chi connectivity index (χ4v) is 2.61. The zero-order valence-corrected chi connectivity index (χ0v) is 11.3. The van der Waals surface area contributed by atoms with Crippen molar-refractivity contribution in [2.45, 2.75) is 19.8 Å². The number of halogens is 1. The smallest absolute Gasteiger partial charge is 0.140 e. The van der Waals surface area contributed by atoms with Crippen LogP contribution in [-0.2, 0) is 0 Å². The van der Waals surface area contributed by atoms with Crippen molar-refractivity contribution >= 4 is 21.7 Å². The highest BCUT2D eigenvalue weighted by atomic mass is 79.9. The van der Waals surface area contributed by atoms with Crippen LogP contribution in [0.15, 0.2) is 16.7 Å². The van der Waals surface area contributed by atoms with Crippen molar-refractivity contribution < 1.29 is 0 Å². The Bertz CT molecular complexity index is 348. The fraction of sp³-hybridized carbons (Fsp3) is 0.583. The van der Waals surface area contributed by atoms with Crippen LogP contribution in [0.2, 0.25) is 0 Å². The van der Waals surface area contributed by atoms with Crippen LogP contribution >= 0.6 is 15.9 Å². The van der Waals surface area contributed by atoms with E-state index in [0.29, 0.717) is 0 Å². The number of anilines is 1. The molecule has 0 aromatic carbocycles. The second-order valence-corrected chi connectivity index (χ2v) is 5.17. The van der Waals surface area contributed by atoms with E-state index in [9.17, 15) is 0 Å². The molecule has 0 unspecified atom stereocenters. The number of nitrogens with one attached hydrogen (secondary N) is 1. The molecule has 1 aliphatic heterocycles. The summed E-state index contributed by atoms with van der Waals surface area (Å²) < 4.78 is 1.05. The van der Waals surface area contributed by atoms with E-state index in [1.54, 1.807) is 0 Å². The van der Waals surface area contributed by atoms with Gasteiger partial charge in [-0.05, 0) is 60.4 Å². The molecule has 4 heteroatoms. The molecular formula is C12H18BrN3. The SMILES string of the molecule is Cc1cnc(NCCN2CCCC2)c(Br)c1. The molecule has 16 heavy (non-hydrogen) atoms. The lowest BCUT2D eigenvalue weighted by Gasteiger charge is -2.15. The molecule has 0 aliphatic carbocycles. The number of aryl methyl sites for hydroxylation is 1. The summed E-state index contributed by atoms with van der Waals surface area (Å²) in [5, 5.41) is 3.37. The number of hydrogen-bond donors (Lipinski definition) is 1. The quantitative estimate of drug-likeness (QED) is 0.921. The van der Waals surface area contributed by atoms with E-state index in [1.165, 1.54) is 31.5 Å². The lowest BCUT2D eigenvalue weighted by atomic mass is 10.3. The van der Waals surface area contributed by atoms with Gasteiger partial charge in [-0.3, -0.25) is 0 Å². The summed E-state index contributed by atoms with van der Waals surface area (Å²) in [6.07, 6.45) is 4.60. The van der Waals surface area contributed by atoms with Gasteiger partial charge in [0.15, 0.2) is 0 Å². The summed E-state index contributed by atoms with van der Waals surface area (Å²) in [6.45, 7) is 6.64. The van der Waals surface area contributed by atoms with Gasteiger partial charge < -0.3 is 10.2 Å². The first-order valence-electron chi connectivity index (χ1n) is 5.84. The van der Waals surface area contributed by atoms with Gasteiger partial charge >= 0.3 is 0 Å². The average molecular weight is 284 g/mol. The molecule has 2 rings (SSSR count). The molecule has 0 spiro atoms. The Hall–Kier alpha value is -0.610. The molecule has 1 aromatic rings. The third kappa shape index (κ3) is 3.19. The van der Waals surface area contributed by atoms with Crippen LogP contribution in [-0.4, -0.2) is 36.1 Å². The van der Waals surface area contributed by atoms with Crippen LogP contribution < -0.4 is 5.32 Å². The monoisotopic (exact) mass is 283 g/mol. The summed E-state index contributed by atoms with van der Waals surface area (Å²) in [4.78, 5) is 6.86. The normalized spacial score (nSPS) is 16.6. The van der Waals surface area contributed by atoms with E-state index in [1.807, 2.05) is 13.1 Å². The van der Waals surface area contributed by atoms with Gasteiger partial charge in [0, 0.05) is 19.3 Å². The molecular weight excluding hydrogens is 266 g/mol. The van der Waals surface area contributed by atoms with Gasteiger partial charge in [-0.15, -0.1) is 0 Å². The highest BCUT2D eigenvalue weighted by Gasteiger charge is 2.10. The van der Waals surface area contributed by atoms with Crippen LogP contribution in [0.25, 0.3) is 0 Å². The fourth-order valence-electron chi connectivity index (χ4n) is 2.00. The Morgan fingerprint density at radius 2 is 2.19 bits per heavy atom. The highest BCUT2D eigenvalue weighted by molar-refractivity contribution is 9.10. The molecule has 0 bridgehead atoms. The Balaban J connectivity index is 1.80. The highest BCUT2D eigenvalue weighted by Crippen LogP contribution is 2.20. The largest absolute Gasteiger partial charge is 0.368 e. The maximum absolute atomic E-state index is 4.37. The number of nitrogens with zero attached hydrogens (tertiary/aromatic N) is 2. The topological polar surface area (TPSA) is 28.2 Å². The lowest BCUT2D eigenvalue weighted by molar-refractivity contribution is 0.352. The molecule has 3 nitrogen and oxygen atoms in total. The summed E-state index contributed by atoms with van der Waals surface area (Å²) in [5.41, 5.74) is 1.18. The van der Waals surface area contributed by atoms with Gasteiger partial charge in [0.25, 0.3) is 0 Å². The number of pyridine rings is 1. The first kappa shape index (κ1) is 11.9. The summed E-state index contributed by atoms with van der Waals surface area (Å²) in [5.74, 6) is 0.949. The van der Waals surface area contributed by atoms with Crippen molar-refractivity contribution in [3.63, 3.8) is 0 Å². The standard InChI is InChI=1S/C12H18BrN3/c1-10-8-11(13)12(15-9-10)14-4-7-16-5-2-3-6-16/h8-9H,2-7H2,1H3,(H,14,15). The minimum Gasteiger partial charge on any atom is -0.368 e. The van der Waals surface area contributed by atoms with Crippen LogP contribution in [0.1, 0.15) is 18.4 Å². The van der Waals surface area contributed by atoms with Gasteiger partial charge in [0.05, 0.1) is 4.47 Å². The predicted octanol–water partition coefficient (Wildman–Crippen LogP) is 2.66. The van der Waals surface area contributed by atoms with E-state index in [4.69, 9.17) is 0 Å². The van der Waals surface area contributed by atoms with Gasteiger partial charge in [-0.25, -0.2) is 4.98 Å². The Labute approximate surface area is 105 Å². The van der Waals surface area contributed by atoms with E-state index in [0.717, 1.165) is 23.4 Å². The lowest BCUT2D eigenvalue weighted by Crippen LogP contribution is -2.26. The molecule has 88 valence electrons. The number of likely N-dealkylation sites (tertiary alicyclic amines) is 1. The Morgan fingerprint density at radius 3 is 2.88 bits per heavy atom. The molecule has 0 radical (unpaired) electrons. The van der Waals surface area contributed by atoms with Crippen LogP contribution in [0.3, 0.4) is 0 Å². The predicted molar refractivity (Wildman–Crippen MR) is 70.8 cm³/mol. The molecule has 0 saturated carbocycles. The molecule has 0 atom stereocenters. The summed E-state index contributed by atoms with van der Waals surface area (Å²) in [7, 11) is 0. The van der Waals surface area contributed by atoms with Gasteiger partial charge in [-0.1, -0.05) is 0 Å². The zero-order valence-electron chi connectivity index (χ0n) is 9.67. The summed E-state index contributed by atoms with van der Waals surface area (Å²) in [6, 6.07) is 2.09. The second kappa shape index (κ2) is 5.64. The van der Waals surface area contributed by atoms with E-state index in [-0.39, 0.29) is 0 Å². The minimum atomic E-state index is 0.949. The maximum atomic E-state index is 4.37. The van der Waals surface area contributed by atoms with Gasteiger partial charge in [0.2, 0.25) is 0 Å². The maximum Gasteiger partial charge on any atom is 0.140 e. The minimum absolute atomic E-state index is 0.949. The average Bonchev–Trinajstić information content (AvgIpc) is 2.74. The number of aromatic nitrogens is 1. The Morgan fingerprint density at radius 1 is 1.44 bits per heavy atom. The van der Waals surface area contributed by atoms with Crippen molar-refractivity contribution in [1.29, 1.82) is 0 Å². The Kier molecular flexibility index (Phi) is 4.18. The number of rotatable bonds is 4. The van der Waals surface area contributed by atoms with Gasteiger partial charge in [0.1, 0.15) is 5.82 Å². The zero-order chi connectivity index (χ0) is 11.4. The van der Waals surface area contributed by atoms with Gasteiger partial charge in [-0.2, -0.15) is 0 Å². The molecule has 2 heterocycles. The van der Waals surface area contributed by atoms with Crippen LogP contribution in [0.4, 0.5) is 5.82 Å². The van der Waals surface area contributed by atoms with Crippen molar-refractivity contribution in [3.05, 3.63) is 22.3 Å². The van der Waals surface area contributed by atoms with Crippen molar-refractivity contribution in [1.82, 2.24) is 9.88 Å². The first-order valence-corrected chi connectivity index (χ1v) is 6.63. The molecule has 1 N–H and O–H groups in total. The molecule has 1 aromatic heterocycles. The molecule has 0 amide bonds. The van der Waals surface area contributed by atoms with Crippen molar-refractivity contribution in [2.75, 3.05) is 31.5 Å². The molecule has 1 saturated heterocycles. The molecule has 1 aliphatic rings. The first-order chi connectivity index (χ1) is 7.75. The van der Waals surface area contributed by atoms with Crippen LogP contribution in [0, 0.1) is 6.92 Å².